The van der Waals surface area contributed by atoms with Crippen LogP contribution in [0.3, 0.4) is 0 Å². The van der Waals surface area contributed by atoms with Gasteiger partial charge in [-0.15, -0.1) is 0 Å². The highest BCUT2D eigenvalue weighted by molar-refractivity contribution is 5.89. The topological polar surface area (TPSA) is 75.2 Å². The van der Waals surface area contributed by atoms with Crippen LogP contribution < -0.4 is 0 Å². The van der Waals surface area contributed by atoms with Crippen LogP contribution in [-0.2, 0) is 11.2 Å². The lowest BCUT2D eigenvalue weighted by molar-refractivity contribution is 0.0593. The van der Waals surface area contributed by atoms with Crippen molar-refractivity contribution in [2.45, 2.75) is 20.3 Å². The Kier molecular flexibility index (Phi) is 3.55. The number of ether oxygens (including phenoxy) is 1. The molecule has 0 unspecified atom stereocenters. The molecule has 19 heavy (non-hydrogen) atoms. The maximum Gasteiger partial charge on any atom is 0.359 e. The van der Waals surface area contributed by atoms with E-state index in [0.29, 0.717) is 12.0 Å². The van der Waals surface area contributed by atoms with Crippen LogP contribution in [0.25, 0.3) is 0 Å². The number of hydrogen-bond donors (Lipinski definition) is 2. The number of rotatable bonds is 3. The third-order valence-corrected chi connectivity index (χ3v) is 3.22. The zero-order valence-electron chi connectivity index (χ0n) is 11.2. The summed E-state index contributed by atoms with van der Waals surface area (Å²) in [6, 6.07) is 5.97. The van der Waals surface area contributed by atoms with E-state index in [9.17, 15) is 9.90 Å². The molecular weight excluding hydrogens is 244 g/mol. The molecule has 0 aliphatic carbocycles. The Hall–Kier alpha value is -2.30. The van der Waals surface area contributed by atoms with Gasteiger partial charge >= 0.3 is 5.97 Å². The Morgan fingerprint density at radius 3 is 2.53 bits per heavy atom. The van der Waals surface area contributed by atoms with E-state index in [1.165, 1.54) is 7.11 Å². The first-order valence-electron chi connectivity index (χ1n) is 5.94. The van der Waals surface area contributed by atoms with Gasteiger partial charge in [-0.3, -0.25) is 0 Å². The first-order valence-corrected chi connectivity index (χ1v) is 5.94. The van der Waals surface area contributed by atoms with Gasteiger partial charge in [0.05, 0.1) is 12.7 Å². The smallest absolute Gasteiger partial charge is 0.359 e. The molecule has 1 heterocycles. The summed E-state index contributed by atoms with van der Waals surface area (Å²) < 4.78 is 4.66. The molecule has 0 radical (unpaired) electrons. The van der Waals surface area contributed by atoms with Gasteiger partial charge < -0.3 is 9.84 Å². The zero-order valence-corrected chi connectivity index (χ0v) is 11.2. The third-order valence-electron chi connectivity index (χ3n) is 3.22. The Morgan fingerprint density at radius 1 is 1.32 bits per heavy atom. The fourth-order valence-electron chi connectivity index (χ4n) is 2.09. The molecule has 1 aromatic carbocycles. The van der Waals surface area contributed by atoms with Crippen LogP contribution in [0.1, 0.15) is 32.7 Å². The van der Waals surface area contributed by atoms with Gasteiger partial charge in [0.15, 0.2) is 5.69 Å². The predicted molar refractivity (Wildman–Crippen MR) is 70.3 cm³/mol. The number of hydrogen-bond acceptors (Lipinski definition) is 4. The summed E-state index contributed by atoms with van der Waals surface area (Å²) >= 11 is 0. The normalized spacial score (nSPS) is 10.5. The van der Waals surface area contributed by atoms with Crippen molar-refractivity contribution < 1.29 is 14.6 Å². The lowest BCUT2D eigenvalue weighted by atomic mass is 9.96. The van der Waals surface area contributed by atoms with Crippen LogP contribution in [0.15, 0.2) is 18.2 Å². The molecule has 100 valence electrons. The molecule has 0 saturated carbocycles. The van der Waals surface area contributed by atoms with Crippen molar-refractivity contribution in [2.75, 3.05) is 7.11 Å². The van der Waals surface area contributed by atoms with Gasteiger partial charge in [-0.2, -0.15) is 5.10 Å². The Bertz CT molecular complexity index is 597. The minimum atomic E-state index is -0.558. The second-order valence-corrected chi connectivity index (χ2v) is 4.44. The second kappa shape index (κ2) is 5.14. The highest BCUT2D eigenvalue weighted by atomic mass is 16.5. The maximum absolute atomic E-state index is 11.6. The molecular formula is C14H16N2O3. The first kappa shape index (κ1) is 13.1. The Morgan fingerprint density at radius 2 is 1.95 bits per heavy atom. The van der Waals surface area contributed by atoms with Crippen LogP contribution >= 0.6 is 0 Å². The van der Waals surface area contributed by atoms with E-state index in [-0.39, 0.29) is 11.6 Å². The molecule has 0 atom stereocenters. The van der Waals surface area contributed by atoms with E-state index < -0.39 is 5.97 Å². The molecule has 0 saturated heterocycles. The van der Waals surface area contributed by atoms with Crippen molar-refractivity contribution in [3.05, 3.63) is 46.1 Å². The maximum atomic E-state index is 11.6. The van der Waals surface area contributed by atoms with Gasteiger partial charge in [-0.1, -0.05) is 18.2 Å². The average molecular weight is 260 g/mol. The molecule has 0 spiro atoms. The minimum absolute atomic E-state index is 0.0944. The number of aromatic nitrogens is 2. The van der Waals surface area contributed by atoms with Crippen molar-refractivity contribution in [3.8, 4) is 5.88 Å². The largest absolute Gasteiger partial charge is 0.493 e. The summed E-state index contributed by atoms with van der Waals surface area (Å²) in [6.07, 6.45) is 0.436. The van der Waals surface area contributed by atoms with Gasteiger partial charge in [0.2, 0.25) is 5.88 Å². The van der Waals surface area contributed by atoms with Crippen molar-refractivity contribution >= 4 is 5.97 Å². The van der Waals surface area contributed by atoms with Gasteiger partial charge in [-0.25, -0.2) is 9.89 Å². The fourth-order valence-corrected chi connectivity index (χ4v) is 2.09. The summed E-state index contributed by atoms with van der Waals surface area (Å²) in [6.45, 7) is 3.99. The summed E-state index contributed by atoms with van der Waals surface area (Å²) in [4.78, 5) is 11.6. The molecule has 0 fully saturated rings. The monoisotopic (exact) mass is 260 g/mol. The lowest BCUT2D eigenvalue weighted by Gasteiger charge is -2.09. The molecule has 5 nitrogen and oxygen atoms in total. The summed E-state index contributed by atoms with van der Waals surface area (Å²) in [5.41, 5.74) is 3.88. The average Bonchev–Trinajstić information content (AvgIpc) is 2.74. The number of methoxy groups -OCH3 is 1. The number of nitrogens with one attached hydrogen (secondary N) is 1. The molecule has 1 aromatic heterocycles. The highest BCUT2D eigenvalue weighted by Gasteiger charge is 2.21. The standard InChI is InChI=1S/C14H16N2O3/c1-8-5-4-6-9(2)10(8)7-11-12(14(18)19-3)15-16-13(11)17/h4-6H,7H2,1-3H3,(H2,15,16,17). The predicted octanol–water partition coefficient (Wildman–Crippen LogP) is 2.11. The molecule has 0 amide bonds. The number of aromatic hydroxyl groups is 1. The summed E-state index contributed by atoms with van der Waals surface area (Å²) in [7, 11) is 1.29. The van der Waals surface area contributed by atoms with Crippen molar-refractivity contribution in [1.29, 1.82) is 0 Å². The van der Waals surface area contributed by atoms with Gasteiger partial charge in [0.1, 0.15) is 0 Å². The highest BCUT2D eigenvalue weighted by Crippen LogP contribution is 2.25. The summed E-state index contributed by atoms with van der Waals surface area (Å²) in [5.74, 6) is -0.652. The second-order valence-electron chi connectivity index (χ2n) is 4.44. The van der Waals surface area contributed by atoms with Gasteiger partial charge in [0, 0.05) is 6.42 Å². The number of benzene rings is 1. The van der Waals surface area contributed by atoms with E-state index in [2.05, 4.69) is 14.9 Å². The number of H-pyrrole nitrogens is 1. The van der Waals surface area contributed by atoms with E-state index in [0.717, 1.165) is 16.7 Å². The van der Waals surface area contributed by atoms with E-state index >= 15 is 0 Å². The first-order chi connectivity index (χ1) is 9.04. The Labute approximate surface area is 111 Å². The van der Waals surface area contributed by atoms with Crippen LogP contribution in [0.5, 0.6) is 5.88 Å². The molecule has 0 bridgehead atoms. The molecule has 5 heteroatoms. The van der Waals surface area contributed by atoms with E-state index in [1.54, 1.807) is 0 Å². The summed E-state index contributed by atoms with van der Waals surface area (Å²) in [5, 5.41) is 16.0. The molecule has 0 aliphatic heterocycles. The Balaban J connectivity index is 2.44. The number of aryl methyl sites for hydroxylation is 2. The number of carbonyl (C=O) groups is 1. The van der Waals surface area contributed by atoms with Crippen molar-refractivity contribution in [3.63, 3.8) is 0 Å². The third kappa shape index (κ3) is 2.45. The molecule has 2 aromatic rings. The number of carbonyl (C=O) groups excluding carboxylic acids is 1. The van der Waals surface area contributed by atoms with Gasteiger partial charge in [-0.05, 0) is 30.5 Å². The van der Waals surface area contributed by atoms with Crippen molar-refractivity contribution in [1.82, 2.24) is 10.2 Å². The van der Waals surface area contributed by atoms with Crippen LogP contribution in [-0.4, -0.2) is 28.4 Å². The number of esters is 1. The fraction of sp³-hybridized carbons (Fsp3) is 0.286. The van der Waals surface area contributed by atoms with Crippen LogP contribution in [0.4, 0.5) is 0 Å². The molecule has 2 N–H and O–H groups in total. The molecule has 0 aliphatic rings. The zero-order chi connectivity index (χ0) is 14.0. The van der Waals surface area contributed by atoms with E-state index in [1.807, 2.05) is 32.0 Å². The number of aromatic amines is 1. The van der Waals surface area contributed by atoms with Crippen LogP contribution in [0.2, 0.25) is 0 Å². The van der Waals surface area contributed by atoms with Gasteiger partial charge in [0.25, 0.3) is 0 Å². The SMILES string of the molecule is COC(=O)c1n[nH]c(O)c1Cc1c(C)cccc1C. The quantitative estimate of drug-likeness (QED) is 0.829. The minimum Gasteiger partial charge on any atom is -0.493 e. The van der Waals surface area contributed by atoms with Crippen LogP contribution in [0, 0.1) is 13.8 Å². The molecule has 2 rings (SSSR count). The van der Waals surface area contributed by atoms with E-state index in [4.69, 9.17) is 0 Å². The van der Waals surface area contributed by atoms with Crippen molar-refractivity contribution in [2.24, 2.45) is 0 Å². The number of nitrogens with zero attached hydrogens (tertiary/aromatic N) is 1. The lowest BCUT2D eigenvalue weighted by Crippen LogP contribution is -2.06.